The molecule has 28 heavy (non-hydrogen) atoms. The Morgan fingerprint density at radius 1 is 0.964 bits per heavy atom. The lowest BCUT2D eigenvalue weighted by molar-refractivity contribution is -0.117. The number of hydrogen-bond acceptors (Lipinski definition) is 2. The van der Waals surface area contributed by atoms with Crippen LogP contribution in [0, 0.1) is 11.3 Å². The Hall–Kier alpha value is -2.82. The fourth-order valence-electron chi connectivity index (χ4n) is 3.14. The van der Waals surface area contributed by atoms with E-state index in [1.54, 1.807) is 6.07 Å². The van der Waals surface area contributed by atoms with Gasteiger partial charge in [0.2, 0.25) is 5.91 Å². The maximum Gasteiger partial charge on any atom is 0.319 e. The van der Waals surface area contributed by atoms with E-state index in [1.165, 1.54) is 0 Å². The molecule has 3 rings (SSSR count). The predicted molar refractivity (Wildman–Crippen MR) is 113 cm³/mol. The van der Waals surface area contributed by atoms with Crippen LogP contribution in [0.5, 0.6) is 0 Å². The number of urea groups is 1. The summed E-state index contributed by atoms with van der Waals surface area (Å²) in [5.74, 6) is 0.194. The molecule has 0 heterocycles. The topological polar surface area (TPSA) is 70.2 Å². The molecule has 5 nitrogen and oxygen atoms in total. The Morgan fingerprint density at radius 3 is 2.21 bits per heavy atom. The highest BCUT2D eigenvalue weighted by molar-refractivity contribution is 5.95. The van der Waals surface area contributed by atoms with Gasteiger partial charge in [-0.05, 0) is 48.4 Å². The molecule has 0 radical (unpaired) electrons. The summed E-state index contributed by atoms with van der Waals surface area (Å²) >= 11 is 0. The third kappa shape index (κ3) is 6.12. The second-order valence-corrected chi connectivity index (χ2v) is 8.67. The summed E-state index contributed by atoms with van der Waals surface area (Å²) in [5, 5.41) is 8.88. The van der Waals surface area contributed by atoms with Crippen LogP contribution in [0.15, 0.2) is 54.6 Å². The van der Waals surface area contributed by atoms with Gasteiger partial charge in [-0.15, -0.1) is 0 Å². The average Bonchev–Trinajstić information content (AvgIpc) is 3.46. The van der Waals surface area contributed by atoms with Gasteiger partial charge in [-0.3, -0.25) is 4.79 Å². The van der Waals surface area contributed by atoms with Crippen molar-refractivity contribution in [3.63, 3.8) is 0 Å². The van der Waals surface area contributed by atoms with Crippen molar-refractivity contribution < 1.29 is 9.59 Å². The van der Waals surface area contributed by atoms with E-state index in [4.69, 9.17) is 0 Å². The lowest BCUT2D eigenvalue weighted by Gasteiger charge is -2.27. The van der Waals surface area contributed by atoms with Crippen LogP contribution in [0.2, 0.25) is 0 Å². The minimum atomic E-state index is -0.260. The van der Waals surface area contributed by atoms with Gasteiger partial charge in [0.15, 0.2) is 0 Å². The van der Waals surface area contributed by atoms with Gasteiger partial charge in [-0.2, -0.15) is 0 Å². The molecular weight excluding hydrogens is 350 g/mol. The van der Waals surface area contributed by atoms with Gasteiger partial charge in [-0.1, -0.05) is 57.2 Å². The molecule has 1 aliphatic carbocycles. The number of carbonyl (C=O) groups is 2. The number of anilines is 2. The molecule has 1 saturated carbocycles. The minimum absolute atomic E-state index is 0.0518. The molecule has 0 aliphatic heterocycles. The SMILES string of the molecule is CC(C)(C)CC(NC(=O)Nc1cccc(NC(=O)C2CC2)c1)c1ccccc1. The van der Waals surface area contributed by atoms with Gasteiger partial charge < -0.3 is 16.0 Å². The minimum Gasteiger partial charge on any atom is -0.331 e. The number of carbonyl (C=O) groups excluding carboxylic acids is 2. The van der Waals surface area contributed by atoms with Crippen molar-refractivity contribution in [3.8, 4) is 0 Å². The number of amides is 3. The maximum atomic E-state index is 12.6. The van der Waals surface area contributed by atoms with Crippen LogP contribution in [0.3, 0.4) is 0 Å². The Bertz CT molecular complexity index is 823. The van der Waals surface area contributed by atoms with Crippen molar-refractivity contribution in [1.29, 1.82) is 0 Å². The summed E-state index contributed by atoms with van der Waals surface area (Å²) in [6.45, 7) is 6.48. The van der Waals surface area contributed by atoms with Crippen LogP contribution < -0.4 is 16.0 Å². The van der Waals surface area contributed by atoms with E-state index in [0.717, 1.165) is 24.8 Å². The smallest absolute Gasteiger partial charge is 0.319 e. The van der Waals surface area contributed by atoms with Gasteiger partial charge in [0.1, 0.15) is 0 Å². The summed E-state index contributed by atoms with van der Waals surface area (Å²) in [6, 6.07) is 16.9. The van der Waals surface area contributed by atoms with E-state index in [1.807, 2.05) is 48.5 Å². The van der Waals surface area contributed by atoms with Crippen LogP contribution in [-0.2, 0) is 4.79 Å². The molecule has 3 amide bonds. The lowest BCUT2D eigenvalue weighted by atomic mass is 9.85. The highest BCUT2D eigenvalue weighted by Gasteiger charge is 2.29. The Kier molecular flexibility index (Phi) is 6.02. The molecule has 3 N–H and O–H groups in total. The van der Waals surface area contributed by atoms with Crippen LogP contribution in [-0.4, -0.2) is 11.9 Å². The lowest BCUT2D eigenvalue weighted by Crippen LogP contribution is -2.34. The van der Waals surface area contributed by atoms with Crippen molar-refractivity contribution in [2.45, 2.75) is 46.1 Å². The number of hydrogen-bond donors (Lipinski definition) is 3. The van der Waals surface area contributed by atoms with Crippen LogP contribution in [0.25, 0.3) is 0 Å². The quantitative estimate of drug-likeness (QED) is 0.634. The van der Waals surface area contributed by atoms with E-state index in [-0.39, 0.29) is 29.3 Å². The van der Waals surface area contributed by atoms with E-state index < -0.39 is 0 Å². The normalized spacial score (nSPS) is 14.8. The third-order valence-corrected chi connectivity index (χ3v) is 4.66. The molecule has 2 aromatic carbocycles. The first kappa shape index (κ1) is 19.9. The Balaban J connectivity index is 1.64. The van der Waals surface area contributed by atoms with E-state index in [2.05, 4.69) is 36.7 Å². The van der Waals surface area contributed by atoms with Crippen molar-refractivity contribution >= 4 is 23.3 Å². The molecule has 0 spiro atoms. The van der Waals surface area contributed by atoms with Gasteiger partial charge in [0, 0.05) is 17.3 Å². The van der Waals surface area contributed by atoms with Crippen molar-refractivity contribution in [2.24, 2.45) is 11.3 Å². The van der Waals surface area contributed by atoms with Gasteiger partial charge in [0.05, 0.1) is 6.04 Å². The first-order valence-electron chi connectivity index (χ1n) is 9.83. The summed E-state index contributed by atoms with van der Waals surface area (Å²) in [4.78, 5) is 24.6. The van der Waals surface area contributed by atoms with Crippen LogP contribution >= 0.6 is 0 Å². The predicted octanol–water partition coefficient (Wildman–Crippen LogP) is 5.33. The zero-order chi connectivity index (χ0) is 20.1. The molecule has 1 fully saturated rings. The molecule has 1 unspecified atom stereocenters. The van der Waals surface area contributed by atoms with Crippen molar-refractivity contribution in [2.75, 3.05) is 10.6 Å². The number of benzene rings is 2. The zero-order valence-electron chi connectivity index (χ0n) is 16.8. The summed E-state index contributed by atoms with van der Waals surface area (Å²) in [6.07, 6.45) is 2.74. The largest absolute Gasteiger partial charge is 0.331 e. The molecule has 148 valence electrons. The first-order valence-corrected chi connectivity index (χ1v) is 9.83. The number of nitrogens with one attached hydrogen (secondary N) is 3. The second kappa shape index (κ2) is 8.46. The summed E-state index contributed by atoms with van der Waals surface area (Å²) < 4.78 is 0. The highest BCUT2D eigenvalue weighted by atomic mass is 16.2. The van der Waals surface area contributed by atoms with Crippen LogP contribution in [0.1, 0.15) is 51.6 Å². The van der Waals surface area contributed by atoms with Gasteiger partial charge in [0.25, 0.3) is 0 Å². The Labute approximate surface area is 166 Å². The van der Waals surface area contributed by atoms with Crippen molar-refractivity contribution in [1.82, 2.24) is 5.32 Å². The molecule has 0 aromatic heterocycles. The maximum absolute atomic E-state index is 12.6. The highest BCUT2D eigenvalue weighted by Crippen LogP contribution is 2.31. The molecule has 2 aromatic rings. The molecule has 5 heteroatoms. The molecule has 1 atom stereocenters. The molecule has 1 aliphatic rings. The summed E-state index contributed by atoms with van der Waals surface area (Å²) in [5.41, 5.74) is 2.50. The zero-order valence-corrected chi connectivity index (χ0v) is 16.8. The van der Waals surface area contributed by atoms with E-state index in [9.17, 15) is 9.59 Å². The monoisotopic (exact) mass is 379 g/mol. The van der Waals surface area contributed by atoms with Crippen LogP contribution in [0.4, 0.5) is 16.2 Å². The number of rotatable bonds is 6. The molecule has 0 saturated heterocycles. The third-order valence-electron chi connectivity index (χ3n) is 4.66. The van der Waals surface area contributed by atoms with E-state index in [0.29, 0.717) is 11.4 Å². The van der Waals surface area contributed by atoms with Crippen molar-refractivity contribution in [3.05, 3.63) is 60.2 Å². The van der Waals surface area contributed by atoms with E-state index >= 15 is 0 Å². The molecular formula is C23H29N3O2. The Morgan fingerprint density at radius 2 is 1.61 bits per heavy atom. The average molecular weight is 380 g/mol. The van der Waals surface area contributed by atoms with Gasteiger partial charge >= 0.3 is 6.03 Å². The fraction of sp³-hybridized carbons (Fsp3) is 0.391. The fourth-order valence-corrected chi connectivity index (χ4v) is 3.14. The van der Waals surface area contributed by atoms with Gasteiger partial charge in [-0.25, -0.2) is 4.79 Å². The molecule has 0 bridgehead atoms. The summed E-state index contributed by atoms with van der Waals surface area (Å²) in [7, 11) is 0. The standard InChI is InChI=1S/C23H29N3O2/c1-23(2,3)15-20(16-8-5-4-6-9-16)26-22(28)25-19-11-7-10-18(14-19)24-21(27)17-12-13-17/h4-11,14,17,20H,12-13,15H2,1-3H3,(H,24,27)(H2,25,26,28). The second-order valence-electron chi connectivity index (χ2n) is 8.67. The first-order chi connectivity index (χ1) is 13.3.